The van der Waals surface area contributed by atoms with E-state index in [1.165, 1.54) is 7.11 Å². The van der Waals surface area contributed by atoms with E-state index in [0.29, 0.717) is 25.4 Å². The normalized spacial score (nSPS) is 12.9. The van der Waals surface area contributed by atoms with Gasteiger partial charge in [-0.3, -0.25) is 9.59 Å². The maximum atomic E-state index is 11.1. The minimum Gasteiger partial charge on any atom is -0.469 e. The number of methoxy groups -OCH3 is 1. The van der Waals surface area contributed by atoms with Gasteiger partial charge in [0.1, 0.15) is 0 Å². The van der Waals surface area contributed by atoms with Crippen LogP contribution in [0.3, 0.4) is 0 Å². The van der Waals surface area contributed by atoms with Gasteiger partial charge in [-0.2, -0.15) is 0 Å². The standard InChI is InChI=1S/C11H20O2.C10H18O2/c1-4-7-10(8-5-2)9-11(12)13-6-3;1-6-10(3,4)8(2)7-9(11)12-5/h4,10H,1,5-9H2,2-3H3;6,8H,1,7H2,2-5H3. The second kappa shape index (κ2) is 14.7. The molecule has 2 unspecified atom stereocenters. The summed E-state index contributed by atoms with van der Waals surface area (Å²) >= 11 is 0. The first-order valence-electron chi connectivity index (χ1n) is 9.15. The van der Waals surface area contributed by atoms with Crippen LogP contribution in [0, 0.1) is 17.3 Å². The Kier molecular flexibility index (Phi) is 15.1. The molecule has 0 aromatic heterocycles. The lowest BCUT2D eigenvalue weighted by atomic mass is 9.78. The molecule has 0 aliphatic heterocycles. The van der Waals surface area contributed by atoms with E-state index in [2.05, 4.69) is 38.7 Å². The van der Waals surface area contributed by atoms with Gasteiger partial charge in [0.2, 0.25) is 0 Å². The first kappa shape index (κ1) is 25.7. The Hall–Kier alpha value is -1.58. The highest BCUT2D eigenvalue weighted by molar-refractivity contribution is 5.69. The summed E-state index contributed by atoms with van der Waals surface area (Å²) in [7, 11) is 1.41. The van der Waals surface area contributed by atoms with Crippen LogP contribution in [-0.4, -0.2) is 25.7 Å². The fourth-order valence-corrected chi connectivity index (χ4v) is 2.20. The van der Waals surface area contributed by atoms with Gasteiger partial charge in [-0.15, -0.1) is 13.2 Å². The Morgan fingerprint density at radius 2 is 1.72 bits per heavy atom. The van der Waals surface area contributed by atoms with E-state index in [-0.39, 0.29) is 23.3 Å². The topological polar surface area (TPSA) is 52.6 Å². The van der Waals surface area contributed by atoms with Crippen LogP contribution in [-0.2, 0) is 19.1 Å². The predicted octanol–water partition coefficient (Wildman–Crippen LogP) is 5.33. The fourth-order valence-electron chi connectivity index (χ4n) is 2.20. The third kappa shape index (κ3) is 13.4. The van der Waals surface area contributed by atoms with Gasteiger partial charge in [-0.25, -0.2) is 0 Å². The maximum Gasteiger partial charge on any atom is 0.306 e. The van der Waals surface area contributed by atoms with E-state index < -0.39 is 0 Å². The van der Waals surface area contributed by atoms with Crippen molar-refractivity contribution in [1.29, 1.82) is 0 Å². The van der Waals surface area contributed by atoms with E-state index in [9.17, 15) is 9.59 Å². The van der Waals surface area contributed by atoms with Gasteiger partial charge in [0, 0.05) is 12.8 Å². The van der Waals surface area contributed by atoms with Crippen molar-refractivity contribution in [2.24, 2.45) is 17.3 Å². The summed E-state index contributed by atoms with van der Waals surface area (Å²) in [6.45, 7) is 18.0. The summed E-state index contributed by atoms with van der Waals surface area (Å²) in [6, 6.07) is 0. The molecule has 4 heteroatoms. The molecule has 2 atom stereocenters. The molecule has 0 rings (SSSR count). The number of hydrogen-bond acceptors (Lipinski definition) is 4. The van der Waals surface area contributed by atoms with Gasteiger partial charge in [0.15, 0.2) is 0 Å². The molecule has 0 bridgehead atoms. The Labute approximate surface area is 154 Å². The van der Waals surface area contributed by atoms with Gasteiger partial charge in [-0.05, 0) is 37.0 Å². The summed E-state index contributed by atoms with van der Waals surface area (Å²) in [6.07, 6.45) is 7.83. The van der Waals surface area contributed by atoms with Crippen LogP contribution in [0.1, 0.15) is 66.7 Å². The number of allylic oxidation sites excluding steroid dienone is 2. The van der Waals surface area contributed by atoms with Crippen molar-refractivity contribution >= 4 is 11.9 Å². The van der Waals surface area contributed by atoms with Crippen LogP contribution >= 0.6 is 0 Å². The van der Waals surface area contributed by atoms with Crippen LogP contribution in [0.4, 0.5) is 0 Å². The molecule has 0 aromatic rings. The molecule has 146 valence electrons. The van der Waals surface area contributed by atoms with Crippen molar-refractivity contribution < 1.29 is 19.1 Å². The molecule has 0 spiro atoms. The van der Waals surface area contributed by atoms with Crippen LogP contribution in [0.5, 0.6) is 0 Å². The van der Waals surface area contributed by atoms with Gasteiger partial charge in [0.05, 0.1) is 13.7 Å². The van der Waals surface area contributed by atoms with Gasteiger partial charge in [-0.1, -0.05) is 46.3 Å². The monoisotopic (exact) mass is 354 g/mol. The lowest BCUT2D eigenvalue weighted by Crippen LogP contribution is -2.22. The molecule has 25 heavy (non-hydrogen) atoms. The highest BCUT2D eigenvalue weighted by Gasteiger charge is 2.24. The lowest BCUT2D eigenvalue weighted by molar-refractivity contribution is -0.144. The zero-order valence-corrected chi connectivity index (χ0v) is 17.1. The van der Waals surface area contributed by atoms with Crippen molar-refractivity contribution in [2.75, 3.05) is 13.7 Å². The maximum absolute atomic E-state index is 11.1. The number of esters is 2. The van der Waals surface area contributed by atoms with Gasteiger partial charge in [0.25, 0.3) is 0 Å². The van der Waals surface area contributed by atoms with Crippen molar-refractivity contribution in [2.45, 2.75) is 66.7 Å². The molecule has 0 aliphatic carbocycles. The van der Waals surface area contributed by atoms with Crippen LogP contribution in [0.25, 0.3) is 0 Å². The fraction of sp³-hybridized carbons (Fsp3) is 0.714. The zero-order chi connectivity index (χ0) is 19.9. The molecule has 4 nitrogen and oxygen atoms in total. The highest BCUT2D eigenvalue weighted by atomic mass is 16.5. The molecule has 0 aromatic carbocycles. The SMILES string of the molecule is C=CC(C)(C)C(C)CC(=O)OC.C=CCC(CCC)CC(=O)OCC. The minimum atomic E-state index is -0.155. The van der Waals surface area contributed by atoms with Crippen LogP contribution in [0.15, 0.2) is 25.3 Å². The summed E-state index contributed by atoms with van der Waals surface area (Å²) in [4.78, 5) is 22.1. The zero-order valence-electron chi connectivity index (χ0n) is 17.1. The van der Waals surface area contributed by atoms with E-state index >= 15 is 0 Å². The first-order valence-corrected chi connectivity index (χ1v) is 9.15. The molecular formula is C21H38O4. The predicted molar refractivity (Wildman–Crippen MR) is 104 cm³/mol. The minimum absolute atomic E-state index is 0.00576. The second-order valence-corrected chi connectivity index (χ2v) is 6.90. The summed E-state index contributed by atoms with van der Waals surface area (Å²) in [5.41, 5.74) is -0.00576. The summed E-state index contributed by atoms with van der Waals surface area (Å²) in [5, 5.41) is 0. The summed E-state index contributed by atoms with van der Waals surface area (Å²) < 4.78 is 9.48. The Morgan fingerprint density at radius 3 is 2.12 bits per heavy atom. The smallest absolute Gasteiger partial charge is 0.306 e. The number of ether oxygens (including phenoxy) is 2. The second-order valence-electron chi connectivity index (χ2n) is 6.90. The number of rotatable bonds is 11. The molecule has 0 saturated heterocycles. The summed E-state index contributed by atoms with van der Waals surface area (Å²) in [5.74, 6) is 0.448. The van der Waals surface area contributed by atoms with Crippen molar-refractivity contribution in [3.63, 3.8) is 0 Å². The number of hydrogen-bond donors (Lipinski definition) is 0. The number of carbonyl (C=O) groups excluding carboxylic acids is 2. The number of carbonyl (C=O) groups is 2. The molecule has 0 radical (unpaired) electrons. The lowest BCUT2D eigenvalue weighted by Gasteiger charge is -2.27. The molecule has 0 aliphatic rings. The Bertz CT molecular complexity index is 399. The molecule has 0 saturated carbocycles. The third-order valence-corrected chi connectivity index (χ3v) is 4.45. The van der Waals surface area contributed by atoms with Gasteiger partial charge < -0.3 is 9.47 Å². The van der Waals surface area contributed by atoms with Crippen LogP contribution in [0.2, 0.25) is 0 Å². The molecule has 0 fully saturated rings. The Balaban J connectivity index is 0. The molecular weight excluding hydrogens is 316 g/mol. The highest BCUT2D eigenvalue weighted by Crippen LogP contribution is 2.30. The average Bonchev–Trinajstić information content (AvgIpc) is 2.55. The average molecular weight is 355 g/mol. The molecule has 0 amide bonds. The van der Waals surface area contributed by atoms with Crippen LogP contribution < -0.4 is 0 Å². The third-order valence-electron chi connectivity index (χ3n) is 4.45. The van der Waals surface area contributed by atoms with Crippen molar-refractivity contribution in [3.05, 3.63) is 25.3 Å². The molecule has 0 N–H and O–H groups in total. The van der Waals surface area contributed by atoms with E-state index in [1.807, 2.05) is 26.0 Å². The van der Waals surface area contributed by atoms with E-state index in [4.69, 9.17) is 4.74 Å². The first-order chi connectivity index (χ1) is 11.7. The Morgan fingerprint density at radius 1 is 1.12 bits per heavy atom. The van der Waals surface area contributed by atoms with Crippen molar-refractivity contribution in [3.8, 4) is 0 Å². The molecule has 0 heterocycles. The van der Waals surface area contributed by atoms with Gasteiger partial charge >= 0.3 is 11.9 Å². The quantitative estimate of drug-likeness (QED) is 0.372. The van der Waals surface area contributed by atoms with Crippen molar-refractivity contribution in [1.82, 2.24) is 0 Å². The van der Waals surface area contributed by atoms with E-state index in [1.54, 1.807) is 0 Å². The largest absolute Gasteiger partial charge is 0.469 e. The van der Waals surface area contributed by atoms with E-state index in [0.717, 1.165) is 19.3 Å².